The van der Waals surface area contributed by atoms with Gasteiger partial charge in [0.05, 0.1) is 0 Å². The fraction of sp³-hybridized carbons (Fsp3) is 0.381. The van der Waals surface area contributed by atoms with E-state index in [1.165, 1.54) is 12.8 Å². The molecule has 0 radical (unpaired) electrons. The third kappa shape index (κ3) is 4.45. The van der Waals surface area contributed by atoms with Gasteiger partial charge in [0.2, 0.25) is 5.91 Å². The van der Waals surface area contributed by atoms with Crippen LogP contribution in [0.25, 0.3) is 11.1 Å². The van der Waals surface area contributed by atoms with Crippen LogP contribution in [0.5, 0.6) is 0 Å². The number of anilines is 1. The predicted molar refractivity (Wildman–Crippen MR) is 100.0 cm³/mol. The van der Waals surface area contributed by atoms with Gasteiger partial charge >= 0.3 is 0 Å². The van der Waals surface area contributed by atoms with E-state index >= 15 is 0 Å². The number of carbonyl (C=O) groups is 1. The molecule has 0 bridgehead atoms. The summed E-state index contributed by atoms with van der Waals surface area (Å²) < 4.78 is 0. The topological polar surface area (TPSA) is 32.3 Å². The number of piperidine rings is 1. The van der Waals surface area contributed by atoms with Crippen molar-refractivity contribution in [3.8, 4) is 11.1 Å². The van der Waals surface area contributed by atoms with Crippen molar-refractivity contribution in [2.45, 2.75) is 26.2 Å². The molecule has 126 valence electrons. The molecule has 1 aliphatic heterocycles. The number of benzene rings is 2. The van der Waals surface area contributed by atoms with Crippen molar-refractivity contribution in [2.24, 2.45) is 5.92 Å². The fourth-order valence-electron chi connectivity index (χ4n) is 3.42. The Morgan fingerprint density at radius 3 is 2.67 bits per heavy atom. The molecule has 3 rings (SSSR count). The van der Waals surface area contributed by atoms with Crippen LogP contribution in [0.4, 0.5) is 5.69 Å². The molecule has 1 atom stereocenters. The van der Waals surface area contributed by atoms with Crippen molar-refractivity contribution in [1.82, 2.24) is 4.90 Å². The van der Waals surface area contributed by atoms with Gasteiger partial charge in [-0.1, -0.05) is 55.5 Å². The van der Waals surface area contributed by atoms with Crippen LogP contribution in [0.15, 0.2) is 54.6 Å². The van der Waals surface area contributed by atoms with E-state index in [9.17, 15) is 4.79 Å². The number of para-hydroxylation sites is 1. The maximum absolute atomic E-state index is 12.4. The quantitative estimate of drug-likeness (QED) is 0.884. The Bertz CT molecular complexity index is 669. The molecule has 0 saturated carbocycles. The Morgan fingerprint density at radius 2 is 1.88 bits per heavy atom. The van der Waals surface area contributed by atoms with Gasteiger partial charge in [-0.3, -0.25) is 4.79 Å². The van der Waals surface area contributed by atoms with Crippen molar-refractivity contribution in [3.63, 3.8) is 0 Å². The van der Waals surface area contributed by atoms with Gasteiger partial charge in [-0.25, -0.2) is 0 Å². The van der Waals surface area contributed by atoms with E-state index in [1.807, 2.05) is 36.4 Å². The number of hydrogen-bond donors (Lipinski definition) is 1. The molecule has 1 unspecified atom stereocenters. The summed E-state index contributed by atoms with van der Waals surface area (Å²) in [6.07, 6.45) is 3.11. The van der Waals surface area contributed by atoms with Gasteiger partial charge in [0.15, 0.2) is 0 Å². The van der Waals surface area contributed by atoms with Gasteiger partial charge in [-0.2, -0.15) is 0 Å². The summed E-state index contributed by atoms with van der Waals surface area (Å²) in [4.78, 5) is 14.8. The monoisotopic (exact) mass is 322 g/mol. The molecular weight excluding hydrogens is 296 g/mol. The Balaban J connectivity index is 1.61. The van der Waals surface area contributed by atoms with Crippen LogP contribution in [-0.2, 0) is 4.79 Å². The van der Waals surface area contributed by atoms with Crippen molar-refractivity contribution < 1.29 is 4.79 Å². The molecule has 1 fully saturated rings. The Hall–Kier alpha value is -2.13. The second kappa shape index (κ2) is 8.11. The van der Waals surface area contributed by atoms with Crippen LogP contribution in [0.1, 0.15) is 26.2 Å². The fourth-order valence-corrected chi connectivity index (χ4v) is 3.42. The molecule has 3 heteroatoms. The number of amides is 1. The number of nitrogens with one attached hydrogen (secondary N) is 1. The van der Waals surface area contributed by atoms with E-state index in [-0.39, 0.29) is 5.91 Å². The SMILES string of the molecule is CC1CCCN(CCC(=O)Nc2ccccc2-c2ccccc2)C1. The molecule has 2 aromatic carbocycles. The normalized spacial score (nSPS) is 18.3. The summed E-state index contributed by atoms with van der Waals surface area (Å²) >= 11 is 0. The Kier molecular flexibility index (Phi) is 5.65. The van der Waals surface area contributed by atoms with Crippen LogP contribution in [-0.4, -0.2) is 30.4 Å². The van der Waals surface area contributed by atoms with Crippen LogP contribution < -0.4 is 5.32 Å². The zero-order valence-corrected chi connectivity index (χ0v) is 14.4. The lowest BCUT2D eigenvalue weighted by Gasteiger charge is -2.30. The zero-order valence-electron chi connectivity index (χ0n) is 14.4. The molecule has 1 saturated heterocycles. The standard InChI is InChI=1S/C21H26N2O/c1-17-8-7-14-23(16-17)15-13-21(24)22-20-12-6-5-11-19(20)18-9-3-2-4-10-18/h2-6,9-12,17H,7-8,13-16H2,1H3,(H,22,24). The van der Waals surface area contributed by atoms with Gasteiger partial charge in [-0.05, 0) is 36.9 Å². The number of carbonyl (C=O) groups excluding carboxylic acids is 1. The highest BCUT2D eigenvalue weighted by molar-refractivity contribution is 5.95. The third-order valence-electron chi connectivity index (χ3n) is 4.68. The van der Waals surface area contributed by atoms with Crippen molar-refractivity contribution in [2.75, 3.05) is 25.0 Å². The van der Waals surface area contributed by atoms with Crippen molar-refractivity contribution >= 4 is 11.6 Å². The molecule has 0 aromatic heterocycles. The summed E-state index contributed by atoms with van der Waals surface area (Å²) in [7, 11) is 0. The highest BCUT2D eigenvalue weighted by Gasteiger charge is 2.17. The van der Waals surface area contributed by atoms with E-state index < -0.39 is 0 Å². The summed E-state index contributed by atoms with van der Waals surface area (Å²) in [5.41, 5.74) is 3.08. The maximum Gasteiger partial charge on any atom is 0.225 e. The summed E-state index contributed by atoms with van der Waals surface area (Å²) in [5.74, 6) is 0.845. The largest absolute Gasteiger partial charge is 0.325 e. The Morgan fingerprint density at radius 1 is 1.12 bits per heavy atom. The molecule has 0 aliphatic carbocycles. The van der Waals surface area contributed by atoms with Crippen LogP contribution in [0.2, 0.25) is 0 Å². The third-order valence-corrected chi connectivity index (χ3v) is 4.68. The second-order valence-electron chi connectivity index (χ2n) is 6.76. The first kappa shape index (κ1) is 16.7. The lowest BCUT2D eigenvalue weighted by Crippen LogP contribution is -2.36. The van der Waals surface area contributed by atoms with E-state index in [2.05, 4.69) is 35.3 Å². The molecule has 3 nitrogen and oxygen atoms in total. The van der Waals surface area contributed by atoms with Crippen molar-refractivity contribution in [1.29, 1.82) is 0 Å². The van der Waals surface area contributed by atoms with Gasteiger partial charge in [0, 0.05) is 30.8 Å². The minimum atomic E-state index is 0.0941. The number of hydrogen-bond acceptors (Lipinski definition) is 2. The first-order valence-electron chi connectivity index (χ1n) is 8.89. The first-order valence-corrected chi connectivity index (χ1v) is 8.89. The van der Waals surface area contributed by atoms with Crippen LogP contribution in [0, 0.1) is 5.92 Å². The maximum atomic E-state index is 12.4. The van der Waals surface area contributed by atoms with Gasteiger partial charge in [-0.15, -0.1) is 0 Å². The molecule has 1 N–H and O–H groups in total. The molecule has 2 aromatic rings. The first-order chi connectivity index (χ1) is 11.7. The molecular formula is C21H26N2O. The average molecular weight is 322 g/mol. The molecule has 1 aliphatic rings. The lowest BCUT2D eigenvalue weighted by atomic mass is 10.0. The minimum Gasteiger partial charge on any atom is -0.325 e. The van der Waals surface area contributed by atoms with Crippen LogP contribution >= 0.6 is 0 Å². The highest BCUT2D eigenvalue weighted by atomic mass is 16.1. The molecule has 1 heterocycles. The van der Waals surface area contributed by atoms with Crippen LogP contribution in [0.3, 0.4) is 0 Å². The van der Waals surface area contributed by atoms with E-state index in [0.29, 0.717) is 6.42 Å². The number of rotatable bonds is 5. The van der Waals surface area contributed by atoms with E-state index in [0.717, 1.165) is 42.4 Å². The number of nitrogens with zero attached hydrogens (tertiary/aromatic N) is 1. The average Bonchev–Trinajstić information content (AvgIpc) is 2.61. The van der Waals surface area contributed by atoms with Gasteiger partial charge in [0.25, 0.3) is 0 Å². The smallest absolute Gasteiger partial charge is 0.225 e. The highest BCUT2D eigenvalue weighted by Crippen LogP contribution is 2.27. The predicted octanol–water partition coefficient (Wildman–Crippen LogP) is 4.41. The van der Waals surface area contributed by atoms with E-state index in [1.54, 1.807) is 0 Å². The van der Waals surface area contributed by atoms with Gasteiger partial charge in [0.1, 0.15) is 0 Å². The van der Waals surface area contributed by atoms with Gasteiger partial charge < -0.3 is 10.2 Å². The molecule has 0 spiro atoms. The lowest BCUT2D eigenvalue weighted by molar-refractivity contribution is -0.116. The summed E-state index contributed by atoms with van der Waals surface area (Å²) in [6, 6.07) is 18.2. The Labute approximate surface area is 144 Å². The number of likely N-dealkylation sites (tertiary alicyclic amines) is 1. The summed E-state index contributed by atoms with van der Waals surface area (Å²) in [5, 5.41) is 3.09. The minimum absolute atomic E-state index is 0.0941. The van der Waals surface area contributed by atoms with Crippen molar-refractivity contribution in [3.05, 3.63) is 54.6 Å². The second-order valence-corrected chi connectivity index (χ2v) is 6.76. The summed E-state index contributed by atoms with van der Waals surface area (Å²) in [6.45, 7) is 5.39. The van der Waals surface area contributed by atoms with E-state index in [4.69, 9.17) is 0 Å². The molecule has 1 amide bonds. The molecule has 24 heavy (non-hydrogen) atoms. The zero-order chi connectivity index (χ0) is 16.8.